The Labute approximate surface area is 229 Å². The Balaban J connectivity index is 1.30. The number of hydrogen-bond donors (Lipinski definition) is 0. The number of aromatic nitrogens is 2. The predicted octanol–water partition coefficient (Wildman–Crippen LogP) is 5.15. The lowest BCUT2D eigenvalue weighted by atomic mass is 9.90. The number of benzene rings is 1. The molecule has 0 spiro atoms. The molecule has 0 unspecified atom stereocenters. The van der Waals surface area contributed by atoms with Crippen LogP contribution in [0.1, 0.15) is 29.7 Å². The molecular formula is C29H26N4O3S2. The number of thiocarbonyl (C=S) groups is 1. The number of fused-ring (bicyclic) bond motifs is 1. The first kappa shape index (κ1) is 24.6. The molecule has 2 aliphatic rings. The molecule has 1 amide bonds. The second-order valence-corrected chi connectivity index (χ2v) is 11.2. The van der Waals surface area contributed by atoms with E-state index in [1.165, 1.54) is 26.6 Å². The van der Waals surface area contributed by atoms with E-state index < -0.39 is 0 Å². The van der Waals surface area contributed by atoms with Crippen molar-refractivity contribution in [2.75, 3.05) is 18.0 Å². The van der Waals surface area contributed by atoms with Gasteiger partial charge in [-0.25, -0.2) is 4.98 Å². The summed E-state index contributed by atoms with van der Waals surface area (Å²) in [6.45, 7) is 1.85. The minimum Gasteiger partial charge on any atom is -0.467 e. The van der Waals surface area contributed by atoms with Gasteiger partial charge in [0.25, 0.3) is 11.5 Å². The fourth-order valence-electron chi connectivity index (χ4n) is 5.08. The third kappa shape index (κ3) is 4.91. The number of piperidine rings is 1. The Morgan fingerprint density at radius 1 is 1.03 bits per heavy atom. The summed E-state index contributed by atoms with van der Waals surface area (Å²) in [5.74, 6) is 1.61. The van der Waals surface area contributed by atoms with Crippen molar-refractivity contribution >= 4 is 51.7 Å². The van der Waals surface area contributed by atoms with Gasteiger partial charge in [-0.2, -0.15) is 0 Å². The molecule has 5 heterocycles. The third-order valence-corrected chi connectivity index (χ3v) is 8.45. The molecule has 0 aliphatic carbocycles. The fraction of sp³-hybridized carbons (Fsp3) is 0.241. The molecule has 9 heteroatoms. The van der Waals surface area contributed by atoms with Crippen LogP contribution in [0.4, 0.5) is 5.82 Å². The number of carbonyl (C=O) groups excluding carboxylic acids is 1. The zero-order chi connectivity index (χ0) is 26.1. The number of rotatable bonds is 6. The highest BCUT2D eigenvalue weighted by Crippen LogP contribution is 2.35. The summed E-state index contributed by atoms with van der Waals surface area (Å²) >= 11 is 6.70. The fourth-order valence-corrected chi connectivity index (χ4v) is 6.32. The number of nitrogens with zero attached hydrogens (tertiary/aromatic N) is 4. The van der Waals surface area contributed by atoms with Gasteiger partial charge in [0.2, 0.25) is 0 Å². The van der Waals surface area contributed by atoms with Gasteiger partial charge in [-0.15, -0.1) is 0 Å². The van der Waals surface area contributed by atoms with Crippen LogP contribution in [0.3, 0.4) is 0 Å². The minimum atomic E-state index is -0.235. The van der Waals surface area contributed by atoms with E-state index in [-0.39, 0.29) is 18.0 Å². The lowest BCUT2D eigenvalue weighted by Gasteiger charge is -2.33. The van der Waals surface area contributed by atoms with E-state index in [0.717, 1.165) is 32.4 Å². The first-order valence-corrected chi connectivity index (χ1v) is 13.9. The van der Waals surface area contributed by atoms with Crippen LogP contribution in [0, 0.1) is 5.92 Å². The van der Waals surface area contributed by atoms with Crippen molar-refractivity contribution in [1.29, 1.82) is 0 Å². The van der Waals surface area contributed by atoms with Crippen LogP contribution in [-0.4, -0.2) is 37.6 Å². The molecule has 3 aromatic heterocycles. The van der Waals surface area contributed by atoms with Crippen LogP contribution in [0.15, 0.2) is 87.2 Å². The number of carbonyl (C=O) groups is 1. The van der Waals surface area contributed by atoms with Gasteiger partial charge in [-0.1, -0.05) is 60.4 Å². The van der Waals surface area contributed by atoms with Gasteiger partial charge in [-0.05, 0) is 61.1 Å². The molecular weight excluding hydrogens is 516 g/mol. The number of furan rings is 1. The lowest BCUT2D eigenvalue weighted by Crippen LogP contribution is -2.37. The summed E-state index contributed by atoms with van der Waals surface area (Å²) in [5, 5.41) is 0. The van der Waals surface area contributed by atoms with Crippen LogP contribution in [0.5, 0.6) is 0 Å². The molecule has 0 radical (unpaired) electrons. The third-order valence-electron chi connectivity index (χ3n) is 7.07. The predicted molar refractivity (Wildman–Crippen MR) is 154 cm³/mol. The van der Waals surface area contributed by atoms with Crippen molar-refractivity contribution < 1.29 is 9.21 Å². The number of pyridine rings is 1. The molecule has 6 rings (SSSR count). The Morgan fingerprint density at radius 2 is 1.82 bits per heavy atom. The first-order chi connectivity index (χ1) is 18.6. The quantitative estimate of drug-likeness (QED) is 0.247. The largest absolute Gasteiger partial charge is 0.467 e. The first-order valence-electron chi connectivity index (χ1n) is 12.6. The smallest absolute Gasteiger partial charge is 0.267 e. The van der Waals surface area contributed by atoms with E-state index in [2.05, 4.69) is 29.2 Å². The Kier molecular flexibility index (Phi) is 6.86. The summed E-state index contributed by atoms with van der Waals surface area (Å²) in [7, 11) is 0. The van der Waals surface area contributed by atoms with E-state index in [1.54, 1.807) is 36.7 Å². The van der Waals surface area contributed by atoms with Crippen molar-refractivity contribution in [2.24, 2.45) is 5.92 Å². The van der Waals surface area contributed by atoms with Crippen molar-refractivity contribution in [3.63, 3.8) is 0 Å². The molecule has 0 saturated carbocycles. The minimum absolute atomic E-state index is 0.201. The van der Waals surface area contributed by atoms with Gasteiger partial charge in [0.05, 0.1) is 23.3 Å². The van der Waals surface area contributed by atoms with Crippen LogP contribution < -0.4 is 10.5 Å². The zero-order valence-electron chi connectivity index (χ0n) is 20.7. The standard InChI is InChI=1S/C29H26N4O3S2/c34-27-23(18-24-28(35)33(29(37)38-24)19-22-9-6-16-36-22)26(30-25-10-4-5-13-32(25)27)31-14-11-21(12-15-31)17-20-7-2-1-3-8-20/h1-10,13,16,18,21H,11-12,14-15,17,19H2/b24-18-. The topological polar surface area (TPSA) is 71.1 Å². The molecule has 2 fully saturated rings. The Morgan fingerprint density at radius 3 is 2.58 bits per heavy atom. The highest BCUT2D eigenvalue weighted by molar-refractivity contribution is 8.26. The average molecular weight is 543 g/mol. The Bertz CT molecular complexity index is 1570. The molecule has 0 bridgehead atoms. The molecule has 192 valence electrons. The van der Waals surface area contributed by atoms with E-state index >= 15 is 0 Å². The van der Waals surface area contributed by atoms with Gasteiger partial charge in [-0.3, -0.25) is 18.9 Å². The van der Waals surface area contributed by atoms with Gasteiger partial charge in [0, 0.05) is 19.3 Å². The summed E-state index contributed by atoms with van der Waals surface area (Å²) in [5.41, 5.74) is 2.15. The van der Waals surface area contributed by atoms with Crippen molar-refractivity contribution in [3.8, 4) is 0 Å². The Hall–Kier alpha value is -3.69. The van der Waals surface area contributed by atoms with Crippen molar-refractivity contribution in [2.45, 2.75) is 25.8 Å². The van der Waals surface area contributed by atoms with Gasteiger partial charge < -0.3 is 9.32 Å². The van der Waals surface area contributed by atoms with Crippen molar-refractivity contribution in [1.82, 2.24) is 14.3 Å². The molecule has 1 aromatic carbocycles. The van der Waals surface area contributed by atoms with Gasteiger partial charge in [0.15, 0.2) is 0 Å². The summed E-state index contributed by atoms with van der Waals surface area (Å²) in [6, 6.07) is 19.7. The summed E-state index contributed by atoms with van der Waals surface area (Å²) < 4.78 is 7.37. The van der Waals surface area contributed by atoms with Crippen LogP contribution in [0.2, 0.25) is 0 Å². The molecule has 2 aliphatic heterocycles. The van der Waals surface area contributed by atoms with Gasteiger partial charge >= 0.3 is 0 Å². The molecule has 2 saturated heterocycles. The highest BCUT2D eigenvalue weighted by atomic mass is 32.2. The maximum atomic E-state index is 13.7. The highest BCUT2D eigenvalue weighted by Gasteiger charge is 2.34. The van der Waals surface area contributed by atoms with Crippen LogP contribution in [-0.2, 0) is 17.8 Å². The van der Waals surface area contributed by atoms with Crippen LogP contribution >= 0.6 is 24.0 Å². The second kappa shape index (κ2) is 10.6. The number of hydrogen-bond acceptors (Lipinski definition) is 7. The molecule has 7 nitrogen and oxygen atoms in total. The molecule has 4 aromatic rings. The van der Waals surface area contributed by atoms with E-state index in [9.17, 15) is 9.59 Å². The molecule has 38 heavy (non-hydrogen) atoms. The second-order valence-electron chi connectivity index (χ2n) is 9.55. The lowest BCUT2D eigenvalue weighted by molar-refractivity contribution is -0.122. The average Bonchev–Trinajstić information content (AvgIpc) is 3.55. The van der Waals surface area contributed by atoms with E-state index in [4.69, 9.17) is 21.6 Å². The number of anilines is 1. The number of amides is 1. The molecule has 0 N–H and O–H groups in total. The zero-order valence-corrected chi connectivity index (χ0v) is 22.3. The maximum Gasteiger partial charge on any atom is 0.267 e. The summed E-state index contributed by atoms with van der Waals surface area (Å²) in [4.78, 5) is 36.0. The monoisotopic (exact) mass is 542 g/mol. The van der Waals surface area contributed by atoms with E-state index in [1.807, 2.05) is 18.2 Å². The SMILES string of the molecule is O=C1/C(=C/c2c(N3CCC(Cc4ccccc4)CC3)nc3ccccn3c2=O)SC(=S)N1Cc1ccco1. The van der Waals surface area contributed by atoms with Crippen molar-refractivity contribution in [3.05, 3.63) is 105 Å². The van der Waals surface area contributed by atoms with Gasteiger partial charge in [0.1, 0.15) is 21.5 Å². The normalized spacial score (nSPS) is 17.7. The summed E-state index contributed by atoms with van der Waals surface area (Å²) in [6.07, 6.45) is 8.01. The molecule has 0 atom stereocenters. The van der Waals surface area contributed by atoms with Crippen LogP contribution in [0.25, 0.3) is 11.7 Å². The number of thioether (sulfide) groups is 1. The van der Waals surface area contributed by atoms with E-state index in [0.29, 0.717) is 37.9 Å². The maximum absolute atomic E-state index is 13.7.